The Hall–Kier alpha value is -3.67. The summed E-state index contributed by atoms with van der Waals surface area (Å²) < 4.78 is 30.0. The molecule has 0 aliphatic heterocycles. The van der Waals surface area contributed by atoms with Gasteiger partial charge in [0.1, 0.15) is 5.75 Å². The van der Waals surface area contributed by atoms with Gasteiger partial charge in [-0.25, -0.2) is 13.6 Å². The second-order valence-electron chi connectivity index (χ2n) is 7.12. The number of carbonyl (C=O) groups is 1. The fraction of sp³-hybridized carbons (Fsp3) is 0.0870. The van der Waals surface area contributed by atoms with Crippen LogP contribution in [0.4, 0.5) is 5.69 Å². The molecule has 1 amide bonds. The first-order chi connectivity index (χ1) is 16.3. The Labute approximate surface area is 201 Å². The molecule has 0 saturated heterocycles. The lowest BCUT2D eigenvalue weighted by molar-refractivity contribution is -0.113. The molecule has 34 heavy (non-hydrogen) atoms. The van der Waals surface area contributed by atoms with E-state index in [1.165, 1.54) is 36.0 Å². The maximum Gasteiger partial charge on any atom is 0.238 e. The molecule has 0 bridgehead atoms. The predicted molar refractivity (Wildman–Crippen MR) is 131 cm³/mol. The number of rotatable bonds is 8. The van der Waals surface area contributed by atoms with Crippen molar-refractivity contribution in [2.24, 2.45) is 5.14 Å². The van der Waals surface area contributed by atoms with Gasteiger partial charge in [0, 0.05) is 16.9 Å². The minimum absolute atomic E-state index is 0.0269. The Balaban J connectivity index is 1.55. The van der Waals surface area contributed by atoms with Crippen LogP contribution in [0, 0.1) is 0 Å². The molecule has 0 aliphatic carbocycles. The maximum absolute atomic E-state index is 12.5. The minimum Gasteiger partial charge on any atom is -0.497 e. The third-order valence-electron chi connectivity index (χ3n) is 4.77. The van der Waals surface area contributed by atoms with Crippen LogP contribution in [0.3, 0.4) is 0 Å². The standard InChI is InChI=1S/C23H21N5O4S2/c1-32-19-9-5-6-16(14-19)22-26-27-23(28(22)18-7-3-2-4-8-18)33-15-21(29)25-17-10-12-20(13-11-17)34(24,30)31/h2-14H,15H2,1H3,(H,25,29)(H2,24,30,31). The number of hydrogen-bond donors (Lipinski definition) is 2. The van der Waals surface area contributed by atoms with Gasteiger partial charge < -0.3 is 10.1 Å². The summed E-state index contributed by atoms with van der Waals surface area (Å²) in [5.41, 5.74) is 2.13. The summed E-state index contributed by atoms with van der Waals surface area (Å²) in [6.07, 6.45) is 0. The summed E-state index contributed by atoms with van der Waals surface area (Å²) >= 11 is 1.23. The molecule has 11 heteroatoms. The topological polar surface area (TPSA) is 129 Å². The summed E-state index contributed by atoms with van der Waals surface area (Å²) in [7, 11) is -2.19. The Morgan fingerprint density at radius 2 is 1.76 bits per heavy atom. The number of nitrogens with one attached hydrogen (secondary N) is 1. The normalized spacial score (nSPS) is 11.2. The molecule has 4 aromatic rings. The maximum atomic E-state index is 12.5. The molecule has 174 valence electrons. The third kappa shape index (κ3) is 5.45. The number of nitrogens with two attached hydrogens (primary N) is 1. The molecule has 1 aromatic heterocycles. The van der Waals surface area contributed by atoms with Crippen LogP contribution in [0.15, 0.2) is 88.9 Å². The number of thioether (sulfide) groups is 1. The molecule has 1 heterocycles. The highest BCUT2D eigenvalue weighted by molar-refractivity contribution is 7.99. The number of nitrogens with zero attached hydrogens (tertiary/aromatic N) is 3. The van der Waals surface area contributed by atoms with Gasteiger partial charge in [0.2, 0.25) is 15.9 Å². The number of hydrogen-bond acceptors (Lipinski definition) is 7. The number of primary sulfonamides is 1. The van der Waals surface area contributed by atoms with E-state index >= 15 is 0 Å². The van der Waals surface area contributed by atoms with Gasteiger partial charge in [-0.1, -0.05) is 42.1 Å². The molecule has 0 fully saturated rings. The molecule has 0 atom stereocenters. The molecule has 0 spiro atoms. The van der Waals surface area contributed by atoms with Crippen LogP contribution < -0.4 is 15.2 Å². The summed E-state index contributed by atoms with van der Waals surface area (Å²) in [5.74, 6) is 1.10. The van der Waals surface area contributed by atoms with Crippen molar-refractivity contribution in [1.29, 1.82) is 0 Å². The van der Waals surface area contributed by atoms with Gasteiger partial charge >= 0.3 is 0 Å². The Kier molecular flexibility index (Phi) is 6.96. The van der Waals surface area contributed by atoms with Crippen LogP contribution in [0.25, 0.3) is 17.1 Å². The van der Waals surface area contributed by atoms with Crippen LogP contribution >= 0.6 is 11.8 Å². The lowest BCUT2D eigenvalue weighted by Crippen LogP contribution is -2.15. The van der Waals surface area contributed by atoms with Gasteiger partial charge in [0.25, 0.3) is 0 Å². The molecule has 3 N–H and O–H groups in total. The van der Waals surface area contributed by atoms with Crippen molar-refractivity contribution in [2.45, 2.75) is 10.1 Å². The largest absolute Gasteiger partial charge is 0.497 e. The number of amides is 1. The molecular formula is C23H21N5O4S2. The zero-order valence-electron chi connectivity index (χ0n) is 18.1. The molecular weight excluding hydrogens is 474 g/mol. The van der Waals surface area contributed by atoms with Crippen molar-refractivity contribution in [3.8, 4) is 22.8 Å². The van der Waals surface area contributed by atoms with Crippen molar-refractivity contribution in [1.82, 2.24) is 14.8 Å². The van der Waals surface area contributed by atoms with E-state index in [0.29, 0.717) is 22.4 Å². The molecule has 4 rings (SSSR count). The first-order valence-electron chi connectivity index (χ1n) is 10.1. The molecule has 0 radical (unpaired) electrons. The van der Waals surface area contributed by atoms with Crippen molar-refractivity contribution in [3.63, 3.8) is 0 Å². The lowest BCUT2D eigenvalue weighted by Gasteiger charge is -2.11. The summed E-state index contributed by atoms with van der Waals surface area (Å²) in [4.78, 5) is 12.5. The molecule has 0 unspecified atom stereocenters. The Morgan fingerprint density at radius 1 is 1.03 bits per heavy atom. The molecule has 0 saturated carbocycles. The number of aromatic nitrogens is 3. The van der Waals surface area contributed by atoms with Gasteiger partial charge in [-0.15, -0.1) is 10.2 Å². The van der Waals surface area contributed by atoms with E-state index in [4.69, 9.17) is 9.88 Å². The minimum atomic E-state index is -3.79. The highest BCUT2D eigenvalue weighted by Gasteiger charge is 2.18. The van der Waals surface area contributed by atoms with Crippen molar-refractivity contribution >= 4 is 33.4 Å². The molecule has 0 aliphatic rings. The number of anilines is 1. The van der Waals surface area contributed by atoms with Crippen molar-refractivity contribution in [2.75, 3.05) is 18.2 Å². The first kappa shape index (κ1) is 23.5. The Morgan fingerprint density at radius 3 is 2.44 bits per heavy atom. The van der Waals surface area contributed by atoms with Gasteiger partial charge in [-0.3, -0.25) is 9.36 Å². The number of para-hydroxylation sites is 1. The van der Waals surface area contributed by atoms with Gasteiger partial charge in [-0.05, 0) is 48.5 Å². The average molecular weight is 496 g/mol. The zero-order chi connectivity index (χ0) is 24.1. The fourth-order valence-electron chi connectivity index (χ4n) is 3.18. The van der Waals surface area contributed by atoms with Crippen LogP contribution in [-0.4, -0.2) is 42.0 Å². The first-order valence-corrected chi connectivity index (χ1v) is 12.6. The Bertz CT molecular complexity index is 1410. The van der Waals surface area contributed by atoms with E-state index < -0.39 is 10.0 Å². The van der Waals surface area contributed by atoms with Crippen molar-refractivity contribution < 1.29 is 17.9 Å². The second kappa shape index (κ2) is 10.1. The molecule has 3 aromatic carbocycles. The van der Waals surface area contributed by atoms with Gasteiger partial charge in [-0.2, -0.15) is 0 Å². The van der Waals surface area contributed by atoms with Crippen LogP contribution in [-0.2, 0) is 14.8 Å². The zero-order valence-corrected chi connectivity index (χ0v) is 19.7. The van der Waals surface area contributed by atoms with Crippen molar-refractivity contribution in [3.05, 3.63) is 78.9 Å². The van der Waals surface area contributed by atoms with E-state index in [1.807, 2.05) is 59.2 Å². The van der Waals surface area contributed by atoms with E-state index in [-0.39, 0.29) is 16.6 Å². The van der Waals surface area contributed by atoms with Crippen LogP contribution in [0.5, 0.6) is 5.75 Å². The van der Waals surface area contributed by atoms with E-state index in [1.54, 1.807) is 7.11 Å². The monoisotopic (exact) mass is 495 g/mol. The highest BCUT2D eigenvalue weighted by Crippen LogP contribution is 2.29. The lowest BCUT2D eigenvalue weighted by atomic mass is 10.2. The molecule has 9 nitrogen and oxygen atoms in total. The van der Waals surface area contributed by atoms with E-state index in [0.717, 1.165) is 11.3 Å². The van der Waals surface area contributed by atoms with Crippen LogP contribution in [0.1, 0.15) is 0 Å². The SMILES string of the molecule is COc1cccc(-c2nnc(SCC(=O)Nc3ccc(S(N)(=O)=O)cc3)n2-c2ccccc2)c1. The van der Waals surface area contributed by atoms with Gasteiger partial charge in [0.15, 0.2) is 11.0 Å². The predicted octanol–water partition coefficient (Wildman–Crippen LogP) is 3.32. The number of methoxy groups -OCH3 is 1. The third-order valence-corrected chi connectivity index (χ3v) is 6.63. The quantitative estimate of drug-likeness (QED) is 0.359. The van der Waals surface area contributed by atoms with Gasteiger partial charge in [0.05, 0.1) is 17.8 Å². The van der Waals surface area contributed by atoms with E-state index in [9.17, 15) is 13.2 Å². The number of benzene rings is 3. The summed E-state index contributed by atoms with van der Waals surface area (Å²) in [6, 6.07) is 22.8. The second-order valence-corrected chi connectivity index (χ2v) is 9.62. The highest BCUT2D eigenvalue weighted by atomic mass is 32.2. The summed E-state index contributed by atoms with van der Waals surface area (Å²) in [5, 5.41) is 17.1. The summed E-state index contributed by atoms with van der Waals surface area (Å²) in [6.45, 7) is 0. The fourth-order valence-corrected chi connectivity index (χ4v) is 4.44. The van der Waals surface area contributed by atoms with E-state index in [2.05, 4.69) is 15.5 Å². The number of carbonyl (C=O) groups excluding carboxylic acids is 1. The van der Waals surface area contributed by atoms with Crippen LogP contribution in [0.2, 0.25) is 0 Å². The smallest absolute Gasteiger partial charge is 0.238 e. The number of sulfonamides is 1. The average Bonchev–Trinajstić information content (AvgIpc) is 3.27. The number of ether oxygens (including phenoxy) is 1.